The number of methoxy groups -OCH3 is 1. The number of oxime groups is 1. The average molecular weight is 463 g/mol. The monoisotopic (exact) mass is 462 g/mol. The van der Waals surface area contributed by atoms with E-state index in [2.05, 4.69) is 32.5 Å². The van der Waals surface area contributed by atoms with Crippen LogP contribution in [0.3, 0.4) is 0 Å². The fourth-order valence-corrected chi connectivity index (χ4v) is 4.86. The number of allylic oxidation sites excluding steroid dienone is 2. The number of rotatable bonds is 6. The fraction of sp³-hybridized carbons (Fsp3) is 0.500. The lowest BCUT2D eigenvalue weighted by molar-refractivity contribution is -0.115. The van der Waals surface area contributed by atoms with Crippen LogP contribution in [0.25, 0.3) is 5.57 Å². The molecule has 0 spiro atoms. The number of ketones is 1. The van der Waals surface area contributed by atoms with Crippen LogP contribution in [0.2, 0.25) is 0 Å². The number of ether oxygens (including phenoxy) is 1. The number of hydrogen-bond donors (Lipinski definition) is 1. The van der Waals surface area contributed by atoms with Crippen molar-refractivity contribution in [2.75, 3.05) is 13.7 Å². The molecule has 7 heteroatoms. The number of nitrogens with zero attached hydrogens (tertiary/aromatic N) is 1. The van der Waals surface area contributed by atoms with Gasteiger partial charge in [-0.05, 0) is 51.3 Å². The van der Waals surface area contributed by atoms with Crippen LogP contribution < -0.4 is 5.32 Å². The van der Waals surface area contributed by atoms with Gasteiger partial charge in [0.2, 0.25) is 0 Å². The van der Waals surface area contributed by atoms with Crippen LogP contribution in [0, 0.1) is 19.8 Å². The van der Waals surface area contributed by atoms with Crippen molar-refractivity contribution >= 4 is 38.9 Å². The maximum absolute atomic E-state index is 12.8. The highest BCUT2D eigenvalue weighted by atomic mass is 79.9. The Labute approximate surface area is 179 Å². The molecule has 0 fully saturated rings. The Bertz CT molecular complexity index is 894. The zero-order valence-electron chi connectivity index (χ0n) is 17.5. The third-order valence-electron chi connectivity index (χ3n) is 5.27. The number of carbonyl (C=O) groups is 2. The second-order valence-corrected chi connectivity index (χ2v) is 9.17. The van der Waals surface area contributed by atoms with Crippen molar-refractivity contribution in [3.05, 3.63) is 39.1 Å². The molecule has 0 saturated carbocycles. The van der Waals surface area contributed by atoms with Gasteiger partial charge in [-0.15, -0.1) is 0 Å². The molecule has 1 amide bonds. The van der Waals surface area contributed by atoms with Crippen LogP contribution in [-0.4, -0.2) is 36.7 Å². The van der Waals surface area contributed by atoms with Gasteiger partial charge in [-0.2, -0.15) is 0 Å². The van der Waals surface area contributed by atoms with E-state index < -0.39 is 5.60 Å². The van der Waals surface area contributed by atoms with E-state index >= 15 is 0 Å². The van der Waals surface area contributed by atoms with E-state index in [-0.39, 0.29) is 17.6 Å². The first-order valence-electron chi connectivity index (χ1n) is 9.74. The van der Waals surface area contributed by atoms with Crippen molar-refractivity contribution in [1.29, 1.82) is 0 Å². The zero-order valence-corrected chi connectivity index (χ0v) is 19.1. The summed E-state index contributed by atoms with van der Waals surface area (Å²) in [6.07, 6.45) is 1.48. The van der Waals surface area contributed by atoms with E-state index in [1.807, 2.05) is 33.8 Å². The molecular formula is C22H27BrN2O4. The number of carbonyl (C=O) groups excluding carboxylic acids is 2. The Morgan fingerprint density at radius 1 is 1.38 bits per heavy atom. The molecule has 1 aromatic carbocycles. The first-order chi connectivity index (χ1) is 13.6. The minimum atomic E-state index is -0.440. The molecule has 0 bridgehead atoms. The fourth-order valence-electron chi connectivity index (χ4n) is 3.99. The van der Waals surface area contributed by atoms with Crippen LogP contribution >= 0.6 is 15.9 Å². The van der Waals surface area contributed by atoms with Crippen molar-refractivity contribution in [3.63, 3.8) is 0 Å². The summed E-state index contributed by atoms with van der Waals surface area (Å²) >= 11 is 3.61. The van der Waals surface area contributed by atoms with Gasteiger partial charge in [-0.1, -0.05) is 27.2 Å². The zero-order chi connectivity index (χ0) is 21.3. The Morgan fingerprint density at radius 2 is 2.10 bits per heavy atom. The van der Waals surface area contributed by atoms with E-state index in [9.17, 15) is 9.59 Å². The molecule has 1 aliphatic heterocycles. The lowest BCUT2D eigenvalue weighted by Gasteiger charge is -2.16. The van der Waals surface area contributed by atoms with E-state index in [1.165, 1.54) is 0 Å². The molecule has 1 atom stereocenters. The third-order valence-corrected chi connectivity index (χ3v) is 5.89. The maximum Gasteiger partial charge on any atom is 0.269 e. The molecule has 1 aliphatic carbocycles. The number of halogens is 1. The van der Waals surface area contributed by atoms with Crippen molar-refractivity contribution in [3.8, 4) is 0 Å². The highest BCUT2D eigenvalue weighted by Crippen LogP contribution is 2.41. The molecule has 156 valence electrons. The van der Waals surface area contributed by atoms with Crippen molar-refractivity contribution < 1.29 is 19.2 Å². The number of nitrogens with one attached hydrogen (secondary N) is 1. The van der Waals surface area contributed by atoms with Crippen LogP contribution in [0.15, 0.2) is 27.5 Å². The Morgan fingerprint density at radius 3 is 2.69 bits per heavy atom. The Balaban J connectivity index is 1.72. The summed E-state index contributed by atoms with van der Waals surface area (Å²) in [6.45, 7) is 8.24. The lowest BCUT2D eigenvalue weighted by atomic mass is 9.97. The van der Waals surface area contributed by atoms with Crippen LogP contribution in [0.1, 0.15) is 49.8 Å². The second-order valence-electron chi connectivity index (χ2n) is 8.32. The summed E-state index contributed by atoms with van der Waals surface area (Å²) in [5.74, 6) is 0.481. The second kappa shape index (κ2) is 8.30. The van der Waals surface area contributed by atoms with Gasteiger partial charge in [0.15, 0.2) is 5.78 Å². The van der Waals surface area contributed by atoms with Crippen LogP contribution in [0.5, 0.6) is 0 Å². The molecule has 0 radical (unpaired) electrons. The molecule has 6 nitrogen and oxygen atoms in total. The van der Waals surface area contributed by atoms with Gasteiger partial charge in [0.1, 0.15) is 17.1 Å². The minimum Gasteiger partial charge on any atom is -0.500 e. The summed E-state index contributed by atoms with van der Waals surface area (Å²) in [5.41, 5.74) is 3.66. The summed E-state index contributed by atoms with van der Waals surface area (Å²) in [7, 11) is 1.60. The molecular weight excluding hydrogens is 436 g/mol. The summed E-state index contributed by atoms with van der Waals surface area (Å²) in [5, 5.41) is 6.76. The number of hydrogen-bond acceptors (Lipinski definition) is 5. The van der Waals surface area contributed by atoms with Crippen molar-refractivity contribution in [1.82, 2.24) is 5.32 Å². The molecule has 2 aliphatic rings. The maximum atomic E-state index is 12.8. The molecule has 29 heavy (non-hydrogen) atoms. The van der Waals surface area contributed by atoms with Crippen LogP contribution in [-0.2, 0) is 19.2 Å². The lowest BCUT2D eigenvalue weighted by Crippen LogP contribution is -2.33. The van der Waals surface area contributed by atoms with Gasteiger partial charge in [-0.25, -0.2) is 0 Å². The number of benzene rings is 1. The van der Waals surface area contributed by atoms with Gasteiger partial charge in [-0.3, -0.25) is 9.59 Å². The predicted octanol–water partition coefficient (Wildman–Crippen LogP) is 4.07. The van der Waals surface area contributed by atoms with Gasteiger partial charge < -0.3 is 14.9 Å². The standard InChI is InChI=1S/C22H27BrN2O4/c1-12-8-13(2)18(15(23)9-12)19-17(26)10-14(20(19)28-5)6-7-24-21(27)16-11-22(3,4)29-25-16/h8-9,14H,6-7,10-11H2,1-5H3,(H,24,27). The van der Waals surface area contributed by atoms with Gasteiger partial charge >= 0.3 is 0 Å². The molecule has 1 aromatic rings. The summed E-state index contributed by atoms with van der Waals surface area (Å²) < 4.78 is 6.56. The summed E-state index contributed by atoms with van der Waals surface area (Å²) in [4.78, 5) is 30.4. The Kier molecular flexibility index (Phi) is 6.17. The highest BCUT2D eigenvalue weighted by molar-refractivity contribution is 9.10. The molecule has 1 heterocycles. The molecule has 1 N–H and O–H groups in total. The van der Waals surface area contributed by atoms with Crippen molar-refractivity contribution in [2.45, 2.75) is 52.6 Å². The van der Waals surface area contributed by atoms with E-state index in [4.69, 9.17) is 9.57 Å². The summed E-state index contributed by atoms with van der Waals surface area (Å²) in [6, 6.07) is 4.07. The van der Waals surface area contributed by atoms with Gasteiger partial charge in [0.25, 0.3) is 5.91 Å². The van der Waals surface area contributed by atoms with E-state index in [0.29, 0.717) is 42.9 Å². The predicted molar refractivity (Wildman–Crippen MR) is 116 cm³/mol. The average Bonchev–Trinajstić information content (AvgIpc) is 3.13. The number of Topliss-reactive ketones (excluding diaryl/α,β-unsaturated/α-hetero) is 1. The highest BCUT2D eigenvalue weighted by Gasteiger charge is 2.36. The first kappa shape index (κ1) is 21.6. The van der Waals surface area contributed by atoms with E-state index in [0.717, 1.165) is 21.2 Å². The normalized spacial score (nSPS) is 20.6. The minimum absolute atomic E-state index is 0.0615. The molecule has 0 aromatic heterocycles. The van der Waals surface area contributed by atoms with E-state index in [1.54, 1.807) is 7.11 Å². The smallest absolute Gasteiger partial charge is 0.269 e. The van der Waals surface area contributed by atoms with Gasteiger partial charge in [0, 0.05) is 35.3 Å². The molecule has 3 rings (SSSR count). The number of aryl methyl sites for hydroxylation is 2. The third kappa shape index (κ3) is 4.55. The largest absolute Gasteiger partial charge is 0.500 e. The molecule has 1 unspecified atom stereocenters. The van der Waals surface area contributed by atoms with Crippen molar-refractivity contribution in [2.24, 2.45) is 11.1 Å². The van der Waals surface area contributed by atoms with Crippen LogP contribution in [0.4, 0.5) is 0 Å². The quantitative estimate of drug-likeness (QED) is 0.690. The topological polar surface area (TPSA) is 77.0 Å². The first-order valence-corrected chi connectivity index (χ1v) is 10.5. The molecule has 0 saturated heterocycles. The Hall–Kier alpha value is -2.15. The SMILES string of the molecule is COC1=C(c2c(C)cc(C)cc2Br)C(=O)CC1CCNC(=O)C1=NOC(C)(C)C1. The van der Waals surface area contributed by atoms with Gasteiger partial charge in [0.05, 0.1) is 12.7 Å². The number of amides is 1.